The molecular formula is C18H30N2O. The summed E-state index contributed by atoms with van der Waals surface area (Å²) in [5.41, 5.74) is 0.693. The number of likely N-dealkylation sites (tertiary alicyclic amines) is 1. The van der Waals surface area contributed by atoms with Gasteiger partial charge in [0.2, 0.25) is 0 Å². The molecule has 0 radical (unpaired) electrons. The fourth-order valence-corrected chi connectivity index (χ4v) is 2.88. The lowest BCUT2D eigenvalue weighted by molar-refractivity contribution is -0.127. The van der Waals surface area contributed by atoms with Gasteiger partial charge in [0.15, 0.2) is 0 Å². The summed E-state index contributed by atoms with van der Waals surface area (Å²) in [6.45, 7) is 14.1. The summed E-state index contributed by atoms with van der Waals surface area (Å²) in [5.74, 6) is 0.123. The van der Waals surface area contributed by atoms with Crippen LogP contribution < -0.4 is 0 Å². The summed E-state index contributed by atoms with van der Waals surface area (Å²) < 4.78 is 0. The average molecular weight is 290 g/mol. The van der Waals surface area contributed by atoms with Gasteiger partial charge in [-0.1, -0.05) is 38.7 Å². The van der Waals surface area contributed by atoms with Crippen LogP contribution in [0.4, 0.5) is 0 Å². The van der Waals surface area contributed by atoms with Gasteiger partial charge in [-0.3, -0.25) is 4.79 Å². The SMILES string of the molecule is C=C/C(=C\C=C/C)C(=O)N1CCC[C@@H]1CN(CC)CCC. The Hall–Kier alpha value is -1.35. The van der Waals surface area contributed by atoms with Crippen LogP contribution in [-0.4, -0.2) is 47.9 Å². The standard InChI is InChI=1S/C18H30N2O/c1-5-9-11-16(7-3)18(21)20-14-10-12-17(20)15-19(8-4)13-6-2/h5,7,9,11,17H,3,6,8,10,12-15H2,1-2,4H3/b9-5-,16-11+/t17-/m1/s1. The molecular weight excluding hydrogens is 260 g/mol. The van der Waals surface area contributed by atoms with Crippen LogP contribution in [0.15, 0.2) is 36.5 Å². The molecule has 1 fully saturated rings. The van der Waals surface area contributed by atoms with Crippen LogP contribution >= 0.6 is 0 Å². The third kappa shape index (κ3) is 5.16. The van der Waals surface area contributed by atoms with Gasteiger partial charge in [-0.25, -0.2) is 0 Å². The van der Waals surface area contributed by atoms with Gasteiger partial charge in [0, 0.05) is 24.7 Å². The van der Waals surface area contributed by atoms with Gasteiger partial charge in [0.1, 0.15) is 0 Å². The molecule has 1 rings (SSSR count). The molecule has 3 heteroatoms. The summed E-state index contributed by atoms with van der Waals surface area (Å²) in [5, 5.41) is 0. The van der Waals surface area contributed by atoms with Gasteiger partial charge in [0.05, 0.1) is 0 Å². The molecule has 0 bridgehead atoms. The van der Waals surface area contributed by atoms with Crippen molar-refractivity contribution in [2.75, 3.05) is 26.2 Å². The lowest BCUT2D eigenvalue weighted by atomic mass is 10.1. The van der Waals surface area contributed by atoms with E-state index in [0.717, 1.165) is 45.4 Å². The van der Waals surface area contributed by atoms with E-state index in [2.05, 4.69) is 25.3 Å². The highest BCUT2D eigenvalue weighted by Gasteiger charge is 2.30. The number of hydrogen-bond donors (Lipinski definition) is 0. The largest absolute Gasteiger partial charge is 0.334 e. The summed E-state index contributed by atoms with van der Waals surface area (Å²) in [4.78, 5) is 17.1. The van der Waals surface area contributed by atoms with Gasteiger partial charge in [0.25, 0.3) is 5.91 Å². The highest BCUT2D eigenvalue weighted by molar-refractivity contribution is 5.96. The molecule has 0 aromatic rings. The highest BCUT2D eigenvalue weighted by Crippen LogP contribution is 2.21. The molecule has 118 valence electrons. The second-order valence-electron chi connectivity index (χ2n) is 5.54. The Kier molecular flexibility index (Phi) is 8.06. The molecule has 1 amide bonds. The predicted molar refractivity (Wildman–Crippen MR) is 90.2 cm³/mol. The van der Waals surface area contributed by atoms with Gasteiger partial charge in [-0.2, -0.15) is 0 Å². The maximum Gasteiger partial charge on any atom is 0.254 e. The van der Waals surface area contributed by atoms with Gasteiger partial charge in [-0.15, -0.1) is 0 Å². The number of allylic oxidation sites excluding steroid dienone is 3. The number of nitrogens with zero attached hydrogens (tertiary/aromatic N) is 2. The molecule has 0 spiro atoms. The Balaban J connectivity index is 2.75. The summed E-state index contributed by atoms with van der Waals surface area (Å²) in [6, 6.07) is 0.345. The topological polar surface area (TPSA) is 23.6 Å². The number of carbonyl (C=O) groups excluding carboxylic acids is 1. The fraction of sp³-hybridized carbons (Fsp3) is 0.611. The van der Waals surface area contributed by atoms with Crippen molar-refractivity contribution in [1.82, 2.24) is 9.80 Å². The summed E-state index contributed by atoms with van der Waals surface area (Å²) >= 11 is 0. The monoisotopic (exact) mass is 290 g/mol. The third-order valence-corrected chi connectivity index (χ3v) is 4.03. The zero-order valence-electron chi connectivity index (χ0n) is 13.8. The lowest BCUT2D eigenvalue weighted by Crippen LogP contribution is -2.43. The molecule has 0 aromatic heterocycles. The molecule has 3 nitrogen and oxygen atoms in total. The molecule has 0 saturated carbocycles. The molecule has 1 saturated heterocycles. The zero-order valence-corrected chi connectivity index (χ0v) is 13.8. The summed E-state index contributed by atoms with van der Waals surface area (Å²) in [6.07, 6.45) is 10.7. The van der Waals surface area contributed by atoms with Crippen LogP contribution in [0.1, 0.15) is 40.0 Å². The minimum Gasteiger partial charge on any atom is -0.334 e. The molecule has 0 aromatic carbocycles. The van der Waals surface area contributed by atoms with Gasteiger partial charge < -0.3 is 9.80 Å². The van der Waals surface area contributed by atoms with E-state index in [1.807, 2.05) is 30.1 Å². The first-order valence-electron chi connectivity index (χ1n) is 8.16. The van der Waals surface area contributed by atoms with Crippen molar-refractivity contribution in [2.24, 2.45) is 0 Å². The Bertz CT molecular complexity index is 398. The Morgan fingerprint density at radius 3 is 2.76 bits per heavy atom. The van der Waals surface area contributed by atoms with Crippen molar-refractivity contribution in [3.63, 3.8) is 0 Å². The Labute approximate surface area is 130 Å². The van der Waals surface area contributed by atoms with E-state index in [1.54, 1.807) is 6.08 Å². The first-order valence-corrected chi connectivity index (χ1v) is 8.16. The number of amides is 1. The van der Waals surface area contributed by atoms with Crippen LogP contribution in [-0.2, 0) is 4.79 Å². The van der Waals surface area contributed by atoms with E-state index in [0.29, 0.717) is 11.6 Å². The number of rotatable bonds is 8. The lowest BCUT2D eigenvalue weighted by Gasteiger charge is -2.30. The Morgan fingerprint density at radius 1 is 1.43 bits per heavy atom. The maximum atomic E-state index is 12.7. The van der Waals surface area contributed by atoms with Crippen LogP contribution in [0.5, 0.6) is 0 Å². The predicted octanol–water partition coefficient (Wildman–Crippen LogP) is 3.40. The molecule has 21 heavy (non-hydrogen) atoms. The minimum absolute atomic E-state index is 0.123. The van der Waals surface area contributed by atoms with Gasteiger partial charge in [-0.05, 0) is 45.4 Å². The maximum absolute atomic E-state index is 12.7. The second-order valence-corrected chi connectivity index (χ2v) is 5.54. The minimum atomic E-state index is 0.123. The first-order chi connectivity index (χ1) is 10.2. The van der Waals surface area contributed by atoms with Crippen LogP contribution in [0, 0.1) is 0 Å². The second kappa shape index (κ2) is 9.56. The molecule has 1 aliphatic rings. The van der Waals surface area contributed by atoms with Crippen molar-refractivity contribution in [1.29, 1.82) is 0 Å². The highest BCUT2D eigenvalue weighted by atomic mass is 16.2. The van der Waals surface area contributed by atoms with E-state index in [-0.39, 0.29) is 5.91 Å². The van der Waals surface area contributed by atoms with Gasteiger partial charge >= 0.3 is 0 Å². The van der Waals surface area contributed by atoms with E-state index in [1.165, 1.54) is 0 Å². The first kappa shape index (κ1) is 17.7. The number of carbonyl (C=O) groups is 1. The number of likely N-dealkylation sites (N-methyl/N-ethyl adjacent to an activating group) is 1. The summed E-state index contributed by atoms with van der Waals surface area (Å²) in [7, 11) is 0. The molecule has 1 heterocycles. The van der Waals surface area contributed by atoms with Crippen molar-refractivity contribution >= 4 is 5.91 Å². The number of hydrogen-bond acceptors (Lipinski definition) is 2. The molecule has 0 N–H and O–H groups in total. The van der Waals surface area contributed by atoms with E-state index >= 15 is 0 Å². The van der Waals surface area contributed by atoms with Crippen molar-refractivity contribution in [3.8, 4) is 0 Å². The molecule has 0 unspecified atom stereocenters. The van der Waals surface area contributed by atoms with Crippen LogP contribution in [0.3, 0.4) is 0 Å². The smallest absolute Gasteiger partial charge is 0.254 e. The fourth-order valence-electron chi connectivity index (χ4n) is 2.88. The molecule has 0 aliphatic carbocycles. The molecule has 1 aliphatic heterocycles. The normalized spacial score (nSPS) is 19.7. The van der Waals surface area contributed by atoms with Crippen LogP contribution in [0.2, 0.25) is 0 Å². The van der Waals surface area contributed by atoms with Crippen molar-refractivity contribution in [2.45, 2.75) is 46.1 Å². The Morgan fingerprint density at radius 2 is 2.19 bits per heavy atom. The van der Waals surface area contributed by atoms with E-state index < -0.39 is 0 Å². The third-order valence-electron chi connectivity index (χ3n) is 4.03. The molecule has 1 atom stereocenters. The quantitative estimate of drug-likeness (QED) is 0.505. The van der Waals surface area contributed by atoms with E-state index in [9.17, 15) is 4.79 Å². The van der Waals surface area contributed by atoms with E-state index in [4.69, 9.17) is 0 Å². The van der Waals surface area contributed by atoms with Crippen molar-refractivity contribution < 1.29 is 4.79 Å². The zero-order chi connectivity index (χ0) is 15.7. The van der Waals surface area contributed by atoms with Crippen molar-refractivity contribution in [3.05, 3.63) is 36.5 Å². The van der Waals surface area contributed by atoms with Crippen LogP contribution in [0.25, 0.3) is 0 Å². The average Bonchev–Trinajstić information content (AvgIpc) is 2.95.